The maximum absolute atomic E-state index is 5.40. The summed E-state index contributed by atoms with van der Waals surface area (Å²) in [5, 5.41) is 3.31. The van der Waals surface area contributed by atoms with Gasteiger partial charge >= 0.3 is 0 Å². The van der Waals surface area contributed by atoms with Crippen LogP contribution in [0.25, 0.3) is 0 Å². The molecule has 0 fully saturated rings. The monoisotopic (exact) mass is 242 g/mol. The Morgan fingerprint density at radius 3 is 2.85 bits per heavy atom. The van der Waals surface area contributed by atoms with Crippen molar-refractivity contribution < 1.29 is 0 Å². The van der Waals surface area contributed by atoms with Crippen molar-refractivity contribution in [1.82, 2.24) is 0 Å². The van der Waals surface area contributed by atoms with Crippen molar-refractivity contribution in [2.45, 2.75) is 13.3 Å². The Kier molecular flexibility index (Phi) is 4.25. The third-order valence-corrected chi connectivity index (χ3v) is 2.48. The second-order valence-electron chi connectivity index (χ2n) is 3.05. The summed E-state index contributed by atoms with van der Waals surface area (Å²) in [5.41, 5.74) is 7.80. The third-order valence-electron chi connectivity index (χ3n) is 1.82. The lowest BCUT2D eigenvalue weighted by Crippen LogP contribution is -2.08. The van der Waals surface area contributed by atoms with Gasteiger partial charge in [0.05, 0.1) is 0 Å². The van der Waals surface area contributed by atoms with Crippen molar-refractivity contribution in [3.05, 3.63) is 28.2 Å². The first-order valence-electron chi connectivity index (χ1n) is 4.44. The van der Waals surface area contributed by atoms with Crippen LogP contribution in [-0.2, 0) is 0 Å². The summed E-state index contributed by atoms with van der Waals surface area (Å²) in [7, 11) is 0. The average molecular weight is 243 g/mol. The second kappa shape index (κ2) is 5.25. The molecule has 0 atom stereocenters. The van der Waals surface area contributed by atoms with Gasteiger partial charge in [-0.1, -0.05) is 6.07 Å². The van der Waals surface area contributed by atoms with E-state index in [1.165, 1.54) is 5.56 Å². The van der Waals surface area contributed by atoms with Gasteiger partial charge in [-0.3, -0.25) is 0 Å². The van der Waals surface area contributed by atoms with Crippen LogP contribution in [0.2, 0.25) is 0 Å². The predicted octanol–water partition coefficient (Wildman–Crippen LogP) is 2.52. The number of aryl methyl sites for hydroxylation is 1. The van der Waals surface area contributed by atoms with Crippen molar-refractivity contribution in [2.24, 2.45) is 5.73 Å². The molecular formula is C10H15BrN2. The number of nitrogens with two attached hydrogens (primary N) is 1. The number of halogens is 1. The summed E-state index contributed by atoms with van der Waals surface area (Å²) in [5.74, 6) is 0. The van der Waals surface area contributed by atoms with E-state index < -0.39 is 0 Å². The van der Waals surface area contributed by atoms with Gasteiger partial charge in [0.15, 0.2) is 0 Å². The van der Waals surface area contributed by atoms with Gasteiger partial charge < -0.3 is 11.1 Å². The highest BCUT2D eigenvalue weighted by Crippen LogP contribution is 2.22. The first-order chi connectivity index (χ1) is 6.24. The van der Waals surface area contributed by atoms with Gasteiger partial charge in [0.1, 0.15) is 0 Å². The molecule has 0 aliphatic heterocycles. The highest BCUT2D eigenvalue weighted by atomic mass is 79.9. The molecule has 0 spiro atoms. The molecule has 0 aliphatic rings. The van der Waals surface area contributed by atoms with Gasteiger partial charge in [-0.15, -0.1) is 0 Å². The normalized spacial score (nSPS) is 10.1. The van der Waals surface area contributed by atoms with Crippen LogP contribution in [0.4, 0.5) is 5.69 Å². The predicted molar refractivity (Wildman–Crippen MR) is 61.0 cm³/mol. The van der Waals surface area contributed by atoms with Gasteiger partial charge in [-0.25, -0.2) is 0 Å². The fraction of sp³-hybridized carbons (Fsp3) is 0.400. The summed E-state index contributed by atoms with van der Waals surface area (Å²) < 4.78 is 1.12. The van der Waals surface area contributed by atoms with E-state index in [4.69, 9.17) is 5.73 Å². The Bertz CT molecular complexity index is 274. The maximum atomic E-state index is 5.40. The zero-order valence-electron chi connectivity index (χ0n) is 7.81. The Balaban J connectivity index is 2.56. The zero-order chi connectivity index (χ0) is 9.68. The number of hydrogen-bond acceptors (Lipinski definition) is 2. The Labute approximate surface area is 87.6 Å². The van der Waals surface area contributed by atoms with E-state index in [0.717, 1.165) is 29.7 Å². The number of anilines is 1. The molecule has 3 N–H and O–H groups in total. The summed E-state index contributed by atoms with van der Waals surface area (Å²) in [6, 6.07) is 6.27. The number of hydrogen-bond donors (Lipinski definition) is 2. The van der Waals surface area contributed by atoms with Crippen molar-refractivity contribution in [3.63, 3.8) is 0 Å². The molecule has 0 saturated heterocycles. The van der Waals surface area contributed by atoms with E-state index in [-0.39, 0.29) is 0 Å². The quantitative estimate of drug-likeness (QED) is 0.797. The van der Waals surface area contributed by atoms with Crippen molar-refractivity contribution >= 4 is 21.6 Å². The Hall–Kier alpha value is -0.540. The zero-order valence-corrected chi connectivity index (χ0v) is 9.39. The van der Waals surface area contributed by atoms with E-state index in [1.807, 2.05) is 0 Å². The first-order valence-corrected chi connectivity index (χ1v) is 5.23. The van der Waals surface area contributed by atoms with E-state index in [0.29, 0.717) is 0 Å². The topological polar surface area (TPSA) is 38.0 Å². The molecule has 0 radical (unpaired) electrons. The van der Waals surface area contributed by atoms with E-state index in [9.17, 15) is 0 Å². The molecular weight excluding hydrogens is 228 g/mol. The SMILES string of the molecule is Cc1ccc(NCCCN)c(Br)c1. The molecule has 1 aromatic carbocycles. The lowest BCUT2D eigenvalue weighted by molar-refractivity contribution is 0.874. The molecule has 72 valence electrons. The maximum Gasteiger partial charge on any atom is 0.0484 e. The van der Waals surface area contributed by atoms with Crippen LogP contribution in [0.5, 0.6) is 0 Å². The Morgan fingerprint density at radius 2 is 2.23 bits per heavy atom. The minimum Gasteiger partial charge on any atom is -0.384 e. The van der Waals surface area contributed by atoms with Crippen molar-refractivity contribution in [1.29, 1.82) is 0 Å². The lowest BCUT2D eigenvalue weighted by atomic mass is 10.2. The number of rotatable bonds is 4. The van der Waals surface area contributed by atoms with Crippen molar-refractivity contribution in [2.75, 3.05) is 18.4 Å². The molecule has 0 aromatic heterocycles. The van der Waals surface area contributed by atoms with Crippen LogP contribution in [0, 0.1) is 6.92 Å². The highest BCUT2D eigenvalue weighted by molar-refractivity contribution is 9.10. The first kappa shape index (κ1) is 10.5. The fourth-order valence-electron chi connectivity index (χ4n) is 1.09. The van der Waals surface area contributed by atoms with Gasteiger partial charge in [-0.05, 0) is 53.5 Å². The Morgan fingerprint density at radius 1 is 1.46 bits per heavy atom. The number of nitrogens with one attached hydrogen (secondary N) is 1. The summed E-state index contributed by atoms with van der Waals surface area (Å²) in [6.45, 7) is 3.74. The summed E-state index contributed by atoms with van der Waals surface area (Å²) in [4.78, 5) is 0. The van der Waals surface area contributed by atoms with Crippen LogP contribution < -0.4 is 11.1 Å². The molecule has 2 nitrogen and oxygen atoms in total. The van der Waals surface area contributed by atoms with Crippen LogP contribution >= 0.6 is 15.9 Å². The molecule has 0 bridgehead atoms. The minimum absolute atomic E-state index is 0.733. The molecule has 1 rings (SSSR count). The van der Waals surface area contributed by atoms with Gasteiger partial charge in [-0.2, -0.15) is 0 Å². The van der Waals surface area contributed by atoms with Crippen LogP contribution in [0.15, 0.2) is 22.7 Å². The fourth-order valence-corrected chi connectivity index (χ4v) is 1.72. The van der Waals surface area contributed by atoms with E-state index in [1.54, 1.807) is 0 Å². The minimum atomic E-state index is 0.733. The molecule has 1 aromatic rings. The summed E-state index contributed by atoms with van der Waals surface area (Å²) in [6.07, 6.45) is 1.00. The lowest BCUT2D eigenvalue weighted by Gasteiger charge is -2.08. The smallest absolute Gasteiger partial charge is 0.0484 e. The largest absolute Gasteiger partial charge is 0.384 e. The van der Waals surface area contributed by atoms with Crippen LogP contribution in [0.1, 0.15) is 12.0 Å². The van der Waals surface area contributed by atoms with E-state index in [2.05, 4.69) is 46.4 Å². The highest BCUT2D eigenvalue weighted by Gasteiger charge is 1.97. The molecule has 0 heterocycles. The average Bonchev–Trinajstić information content (AvgIpc) is 2.09. The molecule has 3 heteroatoms. The second-order valence-corrected chi connectivity index (χ2v) is 3.91. The molecule has 0 aliphatic carbocycles. The number of benzene rings is 1. The van der Waals surface area contributed by atoms with Gasteiger partial charge in [0.2, 0.25) is 0 Å². The van der Waals surface area contributed by atoms with Crippen LogP contribution in [0.3, 0.4) is 0 Å². The molecule has 0 unspecified atom stereocenters. The van der Waals surface area contributed by atoms with Crippen molar-refractivity contribution in [3.8, 4) is 0 Å². The molecule has 13 heavy (non-hydrogen) atoms. The van der Waals surface area contributed by atoms with Gasteiger partial charge in [0.25, 0.3) is 0 Å². The van der Waals surface area contributed by atoms with Gasteiger partial charge in [0, 0.05) is 16.7 Å². The standard InChI is InChI=1S/C10H15BrN2/c1-8-3-4-10(9(11)7-8)13-6-2-5-12/h3-4,7,13H,2,5-6,12H2,1H3. The van der Waals surface area contributed by atoms with E-state index >= 15 is 0 Å². The summed E-state index contributed by atoms with van der Waals surface area (Å²) >= 11 is 3.51. The third kappa shape index (κ3) is 3.36. The molecule has 0 saturated carbocycles. The molecule has 0 amide bonds. The van der Waals surface area contributed by atoms with Crippen LogP contribution in [-0.4, -0.2) is 13.1 Å².